The Morgan fingerprint density at radius 3 is 2.46 bits per heavy atom. The number of halogens is 3. The van der Waals surface area contributed by atoms with Crippen LogP contribution in [-0.4, -0.2) is 26.5 Å². The highest BCUT2D eigenvalue weighted by molar-refractivity contribution is 5.88. The second kappa shape index (κ2) is 6.84. The van der Waals surface area contributed by atoms with Crippen molar-refractivity contribution in [1.29, 1.82) is 0 Å². The number of nitrogens with zero attached hydrogens (tertiary/aromatic N) is 2. The maximum Gasteiger partial charge on any atom is 0.573 e. The fraction of sp³-hybridized carbons (Fsp3) is 0.105. The number of nitrogens with one attached hydrogen (secondary N) is 2. The van der Waals surface area contributed by atoms with E-state index in [0.717, 1.165) is 5.56 Å². The Kier molecular flexibility index (Phi) is 4.34. The third-order valence-electron chi connectivity index (χ3n) is 4.08. The van der Waals surface area contributed by atoms with Gasteiger partial charge in [-0.15, -0.1) is 13.2 Å². The van der Waals surface area contributed by atoms with Crippen molar-refractivity contribution < 1.29 is 17.9 Å². The SMILES string of the molecule is O=c1[nH]c(Cc2ccccc2OC(F)(F)F)nc2c(-c3ccccc3)n[nH]c12. The molecule has 2 N–H and O–H groups in total. The van der Waals surface area contributed by atoms with Gasteiger partial charge in [-0.1, -0.05) is 48.5 Å². The number of aromatic nitrogens is 4. The second-order valence-corrected chi connectivity index (χ2v) is 6.01. The van der Waals surface area contributed by atoms with E-state index < -0.39 is 11.9 Å². The van der Waals surface area contributed by atoms with Gasteiger partial charge in [0.15, 0.2) is 0 Å². The van der Waals surface area contributed by atoms with Crippen molar-refractivity contribution in [3.63, 3.8) is 0 Å². The Bertz CT molecular complexity index is 1180. The Hall–Kier alpha value is -3.62. The highest BCUT2D eigenvalue weighted by Crippen LogP contribution is 2.28. The number of hydrogen-bond acceptors (Lipinski definition) is 4. The quantitative estimate of drug-likeness (QED) is 0.559. The van der Waals surface area contributed by atoms with Crippen LogP contribution in [0.3, 0.4) is 0 Å². The minimum Gasteiger partial charge on any atom is -0.405 e. The molecular weight excluding hydrogens is 373 g/mol. The number of H-pyrrole nitrogens is 2. The molecule has 2 heterocycles. The second-order valence-electron chi connectivity index (χ2n) is 6.01. The summed E-state index contributed by atoms with van der Waals surface area (Å²) in [5.74, 6) is -0.137. The first kappa shape index (κ1) is 17.8. The zero-order valence-corrected chi connectivity index (χ0v) is 14.2. The first-order valence-corrected chi connectivity index (χ1v) is 8.27. The molecule has 0 amide bonds. The summed E-state index contributed by atoms with van der Waals surface area (Å²) in [7, 11) is 0. The zero-order valence-electron chi connectivity index (χ0n) is 14.2. The van der Waals surface area contributed by atoms with E-state index in [2.05, 4.69) is 24.9 Å². The molecule has 28 heavy (non-hydrogen) atoms. The van der Waals surface area contributed by atoms with Crippen molar-refractivity contribution in [2.24, 2.45) is 0 Å². The summed E-state index contributed by atoms with van der Waals surface area (Å²) in [5.41, 5.74) is 1.58. The van der Waals surface area contributed by atoms with Gasteiger partial charge in [0.25, 0.3) is 5.56 Å². The van der Waals surface area contributed by atoms with Gasteiger partial charge < -0.3 is 9.72 Å². The molecule has 4 aromatic rings. The van der Waals surface area contributed by atoms with E-state index in [1.165, 1.54) is 18.2 Å². The highest BCUT2D eigenvalue weighted by Gasteiger charge is 2.32. The fourth-order valence-electron chi connectivity index (χ4n) is 2.90. The normalized spacial score (nSPS) is 11.7. The number of para-hydroxylation sites is 1. The van der Waals surface area contributed by atoms with Crippen LogP contribution in [0.15, 0.2) is 59.4 Å². The Morgan fingerprint density at radius 2 is 1.71 bits per heavy atom. The average molecular weight is 386 g/mol. The molecule has 0 atom stereocenters. The lowest BCUT2D eigenvalue weighted by molar-refractivity contribution is -0.274. The number of rotatable bonds is 4. The van der Waals surface area contributed by atoms with Crippen LogP contribution in [0.1, 0.15) is 11.4 Å². The minimum absolute atomic E-state index is 0.0448. The lowest BCUT2D eigenvalue weighted by atomic mass is 10.1. The topological polar surface area (TPSA) is 83.7 Å². The van der Waals surface area contributed by atoms with E-state index in [0.29, 0.717) is 11.2 Å². The average Bonchev–Trinajstić information content (AvgIpc) is 3.07. The summed E-state index contributed by atoms with van der Waals surface area (Å²) in [5, 5.41) is 6.82. The third kappa shape index (κ3) is 3.59. The van der Waals surface area contributed by atoms with Crippen LogP contribution in [0, 0.1) is 0 Å². The maximum atomic E-state index is 12.6. The van der Waals surface area contributed by atoms with Gasteiger partial charge in [-0.3, -0.25) is 9.89 Å². The predicted octanol–water partition coefficient (Wildman–Crippen LogP) is 3.80. The molecule has 0 saturated heterocycles. The van der Waals surface area contributed by atoms with Crippen LogP contribution in [0.2, 0.25) is 0 Å². The van der Waals surface area contributed by atoms with Gasteiger partial charge in [-0.25, -0.2) is 4.98 Å². The Morgan fingerprint density at radius 1 is 1.00 bits per heavy atom. The summed E-state index contributed by atoms with van der Waals surface area (Å²) < 4.78 is 41.9. The first-order chi connectivity index (χ1) is 13.4. The van der Waals surface area contributed by atoms with E-state index in [-0.39, 0.29) is 29.1 Å². The van der Waals surface area contributed by atoms with Crippen LogP contribution in [0.4, 0.5) is 13.2 Å². The van der Waals surface area contributed by atoms with Crippen LogP contribution < -0.4 is 10.3 Å². The summed E-state index contributed by atoms with van der Waals surface area (Å²) in [6.07, 6.45) is -4.86. The summed E-state index contributed by atoms with van der Waals surface area (Å²) in [6.45, 7) is 0. The van der Waals surface area contributed by atoms with Crippen molar-refractivity contribution in [3.8, 4) is 17.0 Å². The molecule has 0 unspecified atom stereocenters. The minimum atomic E-state index is -4.81. The van der Waals surface area contributed by atoms with E-state index in [4.69, 9.17) is 0 Å². The fourth-order valence-corrected chi connectivity index (χ4v) is 2.90. The van der Waals surface area contributed by atoms with Crippen LogP contribution >= 0.6 is 0 Å². The highest BCUT2D eigenvalue weighted by atomic mass is 19.4. The number of fused-ring (bicyclic) bond motifs is 1. The Labute approximate surface area is 156 Å². The zero-order chi connectivity index (χ0) is 19.7. The van der Waals surface area contributed by atoms with E-state index >= 15 is 0 Å². The van der Waals surface area contributed by atoms with Gasteiger partial charge >= 0.3 is 6.36 Å². The molecule has 6 nitrogen and oxygen atoms in total. The molecule has 0 saturated carbocycles. The molecule has 9 heteroatoms. The molecule has 0 radical (unpaired) electrons. The van der Waals surface area contributed by atoms with Crippen LogP contribution in [0.25, 0.3) is 22.3 Å². The number of alkyl halides is 3. The van der Waals surface area contributed by atoms with Crippen molar-refractivity contribution in [2.45, 2.75) is 12.8 Å². The van der Waals surface area contributed by atoms with Gasteiger partial charge in [0.1, 0.15) is 28.3 Å². The molecule has 2 aromatic carbocycles. The van der Waals surface area contributed by atoms with Crippen molar-refractivity contribution in [1.82, 2.24) is 20.2 Å². The first-order valence-electron chi connectivity index (χ1n) is 8.27. The standard InChI is InChI=1S/C19H13F3N4O2/c20-19(21,22)28-13-9-5-4-8-12(13)10-14-23-16-15(11-6-2-1-3-7-11)25-26-17(16)18(27)24-14/h1-9H,10H2,(H,25,26)(H,23,24,27). The molecule has 0 aliphatic heterocycles. The van der Waals surface area contributed by atoms with Crippen molar-refractivity contribution in [3.05, 3.63) is 76.3 Å². The van der Waals surface area contributed by atoms with Crippen molar-refractivity contribution in [2.75, 3.05) is 0 Å². The van der Waals surface area contributed by atoms with Gasteiger partial charge in [0.05, 0.1) is 0 Å². The smallest absolute Gasteiger partial charge is 0.405 e. The van der Waals surface area contributed by atoms with Crippen LogP contribution in [-0.2, 0) is 6.42 Å². The lowest BCUT2D eigenvalue weighted by Crippen LogP contribution is -2.18. The molecule has 2 aromatic heterocycles. The molecule has 0 aliphatic carbocycles. The monoisotopic (exact) mass is 386 g/mol. The predicted molar refractivity (Wildman–Crippen MR) is 95.9 cm³/mol. The molecule has 4 rings (SSSR count). The summed E-state index contributed by atoms with van der Waals surface area (Å²) >= 11 is 0. The van der Waals surface area contributed by atoms with Gasteiger partial charge in [-0.05, 0) is 6.07 Å². The lowest BCUT2D eigenvalue weighted by Gasteiger charge is -2.12. The summed E-state index contributed by atoms with van der Waals surface area (Å²) in [4.78, 5) is 19.4. The number of hydrogen-bond donors (Lipinski definition) is 2. The largest absolute Gasteiger partial charge is 0.573 e. The molecule has 0 fully saturated rings. The van der Waals surface area contributed by atoms with Gasteiger partial charge in [-0.2, -0.15) is 5.10 Å². The third-order valence-corrected chi connectivity index (χ3v) is 4.08. The van der Waals surface area contributed by atoms with E-state index in [9.17, 15) is 18.0 Å². The Balaban J connectivity index is 1.76. The number of aromatic amines is 2. The van der Waals surface area contributed by atoms with Gasteiger partial charge in [0, 0.05) is 17.5 Å². The number of benzene rings is 2. The van der Waals surface area contributed by atoms with Crippen LogP contribution in [0.5, 0.6) is 5.75 Å². The van der Waals surface area contributed by atoms with Gasteiger partial charge in [0.2, 0.25) is 0 Å². The molecular formula is C19H13F3N4O2. The summed E-state index contributed by atoms with van der Waals surface area (Å²) in [6, 6.07) is 14.9. The number of ether oxygens (including phenoxy) is 1. The molecule has 0 aliphatic rings. The molecule has 0 spiro atoms. The van der Waals surface area contributed by atoms with Crippen molar-refractivity contribution >= 4 is 11.0 Å². The van der Waals surface area contributed by atoms with E-state index in [1.807, 2.05) is 30.3 Å². The molecule has 0 bridgehead atoms. The maximum absolute atomic E-state index is 12.6. The van der Waals surface area contributed by atoms with E-state index in [1.54, 1.807) is 6.07 Å². The molecule has 142 valence electrons.